The van der Waals surface area contributed by atoms with E-state index >= 15 is 0 Å². The van der Waals surface area contributed by atoms with Gasteiger partial charge in [-0.1, -0.05) is 12.1 Å². The van der Waals surface area contributed by atoms with Crippen LogP contribution in [0.2, 0.25) is 0 Å². The summed E-state index contributed by atoms with van der Waals surface area (Å²) in [6.07, 6.45) is 5.50. The molecule has 0 spiro atoms. The molecule has 2 amide bonds. The molecular formula is C20H19FN4O3S. The highest BCUT2D eigenvalue weighted by Crippen LogP contribution is 2.33. The number of carbonyl (C=O) groups is 2. The summed E-state index contributed by atoms with van der Waals surface area (Å²) in [4.78, 5) is 43.2. The molecule has 0 saturated heterocycles. The van der Waals surface area contributed by atoms with Crippen LogP contribution in [-0.4, -0.2) is 21.4 Å². The molecule has 7 nitrogen and oxygen atoms in total. The maximum atomic E-state index is 13.6. The van der Waals surface area contributed by atoms with Gasteiger partial charge in [-0.25, -0.2) is 9.37 Å². The van der Waals surface area contributed by atoms with Gasteiger partial charge in [0.25, 0.3) is 11.5 Å². The molecule has 0 bridgehead atoms. The van der Waals surface area contributed by atoms with Crippen molar-refractivity contribution in [2.45, 2.75) is 38.6 Å². The number of aryl methyl sites for hydroxylation is 3. The van der Waals surface area contributed by atoms with Gasteiger partial charge in [-0.2, -0.15) is 0 Å². The summed E-state index contributed by atoms with van der Waals surface area (Å²) in [5, 5.41) is 0.667. The van der Waals surface area contributed by atoms with Crippen molar-refractivity contribution in [2.75, 3.05) is 0 Å². The largest absolute Gasteiger partial charge is 0.298 e. The first kappa shape index (κ1) is 19.3. The van der Waals surface area contributed by atoms with E-state index in [0.29, 0.717) is 5.39 Å². The summed E-state index contributed by atoms with van der Waals surface area (Å²) in [7, 11) is 0. The minimum absolute atomic E-state index is 0.0308. The van der Waals surface area contributed by atoms with Crippen molar-refractivity contribution < 1.29 is 14.0 Å². The zero-order chi connectivity index (χ0) is 20.4. The molecule has 0 radical (unpaired) electrons. The Labute approximate surface area is 169 Å². The molecule has 1 aromatic carbocycles. The third-order valence-electron chi connectivity index (χ3n) is 4.96. The number of fused-ring (bicyclic) bond motifs is 3. The second-order valence-electron chi connectivity index (χ2n) is 6.87. The molecule has 4 rings (SSSR count). The molecule has 3 aromatic rings. The Morgan fingerprint density at radius 1 is 1.17 bits per heavy atom. The Balaban J connectivity index is 1.40. The number of hydrazine groups is 1. The number of carbonyl (C=O) groups excluding carboxylic acids is 2. The second kappa shape index (κ2) is 8.12. The lowest BCUT2D eigenvalue weighted by atomic mass is 9.97. The predicted molar refractivity (Wildman–Crippen MR) is 107 cm³/mol. The van der Waals surface area contributed by atoms with E-state index in [1.54, 1.807) is 11.3 Å². The first-order chi connectivity index (χ1) is 14.0. The maximum Gasteiger partial charge on any atom is 0.272 e. The summed E-state index contributed by atoms with van der Waals surface area (Å²) in [6.45, 7) is 0.133. The minimum atomic E-state index is -0.749. The van der Waals surface area contributed by atoms with Crippen molar-refractivity contribution in [3.8, 4) is 0 Å². The Morgan fingerprint density at radius 2 is 1.97 bits per heavy atom. The predicted octanol–water partition coefficient (Wildman–Crippen LogP) is 2.33. The van der Waals surface area contributed by atoms with Crippen molar-refractivity contribution in [1.29, 1.82) is 0 Å². The Kier molecular flexibility index (Phi) is 5.39. The van der Waals surface area contributed by atoms with Crippen LogP contribution in [0.5, 0.6) is 0 Å². The number of hydrogen-bond donors (Lipinski definition) is 2. The first-order valence-electron chi connectivity index (χ1n) is 9.38. The van der Waals surface area contributed by atoms with Crippen LogP contribution in [0, 0.1) is 5.82 Å². The number of hydrogen-bond acceptors (Lipinski definition) is 5. The lowest BCUT2D eigenvalue weighted by Crippen LogP contribution is -2.42. The summed E-state index contributed by atoms with van der Waals surface area (Å²) >= 11 is 1.58. The molecule has 29 heavy (non-hydrogen) atoms. The summed E-state index contributed by atoms with van der Waals surface area (Å²) < 4.78 is 15.0. The van der Waals surface area contributed by atoms with Gasteiger partial charge >= 0.3 is 0 Å². The summed E-state index contributed by atoms with van der Waals surface area (Å²) in [5.74, 6) is -1.92. The first-order valence-corrected chi connectivity index (χ1v) is 10.2. The Hall–Kier alpha value is -3.07. The number of thiophene rings is 1. The van der Waals surface area contributed by atoms with Gasteiger partial charge in [-0.15, -0.1) is 11.3 Å². The number of aromatic nitrogens is 2. The van der Waals surface area contributed by atoms with E-state index in [4.69, 9.17) is 0 Å². The number of nitrogens with zero attached hydrogens (tertiary/aromatic N) is 2. The topological polar surface area (TPSA) is 93.1 Å². The molecule has 9 heteroatoms. The fourth-order valence-electron chi connectivity index (χ4n) is 3.46. The molecule has 1 aliphatic carbocycles. The molecular weight excluding hydrogens is 395 g/mol. The van der Waals surface area contributed by atoms with Gasteiger partial charge in [-0.3, -0.25) is 29.8 Å². The van der Waals surface area contributed by atoms with Crippen molar-refractivity contribution in [2.24, 2.45) is 0 Å². The smallest absolute Gasteiger partial charge is 0.272 e. The lowest BCUT2D eigenvalue weighted by Gasteiger charge is -2.11. The van der Waals surface area contributed by atoms with Gasteiger partial charge in [-0.05, 0) is 43.4 Å². The Bertz CT molecular complexity index is 1150. The van der Waals surface area contributed by atoms with Crippen LogP contribution in [0.4, 0.5) is 4.39 Å². The normalized spacial score (nSPS) is 13.1. The van der Waals surface area contributed by atoms with E-state index < -0.39 is 17.6 Å². The fourth-order valence-corrected chi connectivity index (χ4v) is 4.68. The number of amides is 2. The summed E-state index contributed by atoms with van der Waals surface area (Å²) in [6, 6.07) is 5.48. The average molecular weight is 414 g/mol. The fraction of sp³-hybridized carbons (Fsp3) is 0.300. The molecule has 2 aromatic heterocycles. The van der Waals surface area contributed by atoms with Crippen LogP contribution >= 0.6 is 11.3 Å². The quantitative estimate of drug-likeness (QED) is 0.641. The second-order valence-corrected chi connectivity index (χ2v) is 7.95. The van der Waals surface area contributed by atoms with Crippen LogP contribution in [0.15, 0.2) is 35.4 Å². The van der Waals surface area contributed by atoms with Gasteiger partial charge < -0.3 is 0 Å². The molecule has 0 aliphatic heterocycles. The highest BCUT2D eigenvalue weighted by Gasteiger charge is 2.20. The number of rotatable bonds is 4. The van der Waals surface area contributed by atoms with Crippen LogP contribution in [0.3, 0.4) is 0 Å². The molecule has 0 atom stereocenters. The molecule has 2 heterocycles. The number of halogens is 1. The van der Waals surface area contributed by atoms with E-state index in [0.717, 1.165) is 42.1 Å². The van der Waals surface area contributed by atoms with E-state index in [-0.39, 0.29) is 24.1 Å². The van der Waals surface area contributed by atoms with Gasteiger partial charge in [0, 0.05) is 17.8 Å². The maximum absolute atomic E-state index is 13.6. The zero-order valence-corrected chi connectivity index (χ0v) is 16.4. The van der Waals surface area contributed by atoms with Crippen molar-refractivity contribution in [3.05, 3.63) is 62.8 Å². The van der Waals surface area contributed by atoms with E-state index in [1.807, 2.05) is 0 Å². The van der Waals surface area contributed by atoms with Crippen molar-refractivity contribution in [3.63, 3.8) is 0 Å². The van der Waals surface area contributed by atoms with Crippen LogP contribution < -0.4 is 16.4 Å². The van der Waals surface area contributed by atoms with Gasteiger partial charge in [0.15, 0.2) is 0 Å². The highest BCUT2D eigenvalue weighted by molar-refractivity contribution is 7.18. The SMILES string of the molecule is O=C(CCn1cnc2sc3c(c2c1=O)CCCC3)NNC(=O)c1ccccc1F. The van der Waals surface area contributed by atoms with Gasteiger partial charge in [0.2, 0.25) is 5.91 Å². The van der Waals surface area contributed by atoms with Crippen LogP contribution in [0.25, 0.3) is 10.2 Å². The standard InChI is InChI=1S/C20H19FN4O3S/c21-14-7-3-1-5-12(14)18(27)24-23-16(26)9-10-25-11-22-19-17(20(25)28)13-6-2-4-8-15(13)29-19/h1,3,5,7,11H,2,4,6,8-10H2,(H,23,26)(H,24,27). The van der Waals surface area contributed by atoms with E-state index in [1.165, 1.54) is 34.0 Å². The van der Waals surface area contributed by atoms with Gasteiger partial charge in [0.05, 0.1) is 17.3 Å². The zero-order valence-electron chi connectivity index (χ0n) is 15.5. The van der Waals surface area contributed by atoms with Crippen LogP contribution in [-0.2, 0) is 24.2 Å². The highest BCUT2D eigenvalue weighted by atomic mass is 32.1. The number of nitrogens with one attached hydrogen (secondary N) is 2. The van der Waals surface area contributed by atoms with Crippen molar-refractivity contribution >= 4 is 33.4 Å². The summed E-state index contributed by atoms with van der Waals surface area (Å²) in [5.41, 5.74) is 5.21. The van der Waals surface area contributed by atoms with Crippen molar-refractivity contribution in [1.82, 2.24) is 20.4 Å². The number of benzene rings is 1. The van der Waals surface area contributed by atoms with E-state index in [9.17, 15) is 18.8 Å². The van der Waals surface area contributed by atoms with Crippen LogP contribution in [0.1, 0.15) is 40.1 Å². The molecule has 2 N–H and O–H groups in total. The minimum Gasteiger partial charge on any atom is -0.298 e. The van der Waals surface area contributed by atoms with Gasteiger partial charge in [0.1, 0.15) is 10.6 Å². The molecule has 150 valence electrons. The molecule has 0 fully saturated rings. The molecule has 0 unspecified atom stereocenters. The molecule has 0 saturated carbocycles. The third kappa shape index (κ3) is 3.91. The van der Waals surface area contributed by atoms with E-state index in [2.05, 4.69) is 15.8 Å². The lowest BCUT2D eigenvalue weighted by molar-refractivity contribution is -0.122. The molecule has 1 aliphatic rings. The monoisotopic (exact) mass is 414 g/mol. The average Bonchev–Trinajstić information content (AvgIpc) is 3.11. The Morgan fingerprint density at radius 3 is 2.79 bits per heavy atom. The third-order valence-corrected chi connectivity index (χ3v) is 6.16.